The molecule has 0 spiro atoms. The number of rotatable bonds is 11. The first-order valence-electron chi connectivity index (χ1n) is 9.59. The van der Waals surface area contributed by atoms with Crippen LogP contribution in [0.4, 0.5) is 0 Å². The van der Waals surface area contributed by atoms with Crippen molar-refractivity contribution in [3.05, 3.63) is 23.8 Å². The van der Waals surface area contributed by atoms with Gasteiger partial charge in [0, 0.05) is 19.5 Å². The van der Waals surface area contributed by atoms with Gasteiger partial charge in [-0.05, 0) is 50.0 Å². The molecule has 7 heteroatoms. The van der Waals surface area contributed by atoms with Gasteiger partial charge in [0.2, 0.25) is 5.91 Å². The Balaban J connectivity index is 1.79. The Morgan fingerprint density at radius 1 is 1.15 bits per heavy atom. The Hall–Kier alpha value is -2.28. The number of nitrogens with one attached hydrogen (secondary N) is 1. The van der Waals surface area contributed by atoms with Crippen molar-refractivity contribution < 1.29 is 24.2 Å². The molecule has 0 unspecified atom stereocenters. The van der Waals surface area contributed by atoms with Crippen molar-refractivity contribution in [2.75, 3.05) is 39.9 Å². The van der Waals surface area contributed by atoms with Gasteiger partial charge in [-0.15, -0.1) is 0 Å². The Labute approximate surface area is 160 Å². The summed E-state index contributed by atoms with van der Waals surface area (Å²) in [6.45, 7) is 4.26. The van der Waals surface area contributed by atoms with Crippen LogP contribution in [-0.2, 0) is 16.0 Å². The molecule has 1 saturated heterocycles. The number of carboxylic acid groups (broad SMARTS) is 1. The van der Waals surface area contributed by atoms with Gasteiger partial charge in [-0.25, -0.2) is 0 Å². The van der Waals surface area contributed by atoms with Gasteiger partial charge >= 0.3 is 5.97 Å². The van der Waals surface area contributed by atoms with Gasteiger partial charge in [0.15, 0.2) is 11.5 Å². The van der Waals surface area contributed by atoms with Crippen LogP contribution in [0.1, 0.15) is 37.7 Å². The van der Waals surface area contributed by atoms with Crippen LogP contribution >= 0.6 is 0 Å². The number of aliphatic carboxylic acids is 1. The molecule has 2 N–H and O–H groups in total. The average Bonchev–Trinajstić information content (AvgIpc) is 2.67. The van der Waals surface area contributed by atoms with Gasteiger partial charge in [-0.2, -0.15) is 0 Å². The van der Waals surface area contributed by atoms with E-state index in [1.165, 1.54) is 19.3 Å². The van der Waals surface area contributed by atoms with E-state index in [1.54, 1.807) is 7.11 Å². The van der Waals surface area contributed by atoms with Crippen LogP contribution in [0, 0.1) is 0 Å². The van der Waals surface area contributed by atoms with E-state index < -0.39 is 5.97 Å². The van der Waals surface area contributed by atoms with E-state index in [0.717, 1.165) is 25.2 Å². The third kappa shape index (κ3) is 7.86. The number of piperidine rings is 1. The highest BCUT2D eigenvalue weighted by atomic mass is 16.5. The summed E-state index contributed by atoms with van der Waals surface area (Å²) in [7, 11) is 1.62. The molecule has 150 valence electrons. The molecule has 7 nitrogen and oxygen atoms in total. The molecule has 0 saturated carbocycles. The quantitative estimate of drug-likeness (QED) is 0.613. The zero-order valence-electron chi connectivity index (χ0n) is 16.0. The van der Waals surface area contributed by atoms with Crippen LogP contribution in [0.2, 0.25) is 0 Å². The topological polar surface area (TPSA) is 88.1 Å². The summed E-state index contributed by atoms with van der Waals surface area (Å²) in [6.07, 6.45) is 4.34. The molecule has 0 aromatic heterocycles. The minimum atomic E-state index is -0.966. The summed E-state index contributed by atoms with van der Waals surface area (Å²) in [5, 5.41) is 11.3. The zero-order valence-corrected chi connectivity index (χ0v) is 16.0. The van der Waals surface area contributed by atoms with Gasteiger partial charge in [0.1, 0.15) is 6.61 Å². The summed E-state index contributed by atoms with van der Waals surface area (Å²) in [5.41, 5.74) is 1.03. The maximum Gasteiger partial charge on any atom is 0.303 e. The Bertz CT molecular complexity index is 614. The molecule has 27 heavy (non-hydrogen) atoms. The van der Waals surface area contributed by atoms with Crippen LogP contribution in [0.3, 0.4) is 0 Å². The average molecular weight is 378 g/mol. The Morgan fingerprint density at radius 3 is 2.63 bits per heavy atom. The van der Waals surface area contributed by atoms with E-state index in [-0.39, 0.29) is 18.7 Å². The van der Waals surface area contributed by atoms with Crippen LogP contribution in [0.5, 0.6) is 11.5 Å². The first-order chi connectivity index (χ1) is 13.1. The lowest BCUT2D eigenvalue weighted by Crippen LogP contribution is -2.33. The first-order valence-corrected chi connectivity index (χ1v) is 9.59. The summed E-state index contributed by atoms with van der Waals surface area (Å²) < 4.78 is 11.3. The number of ether oxygens (including phenoxy) is 2. The SMILES string of the molecule is COc1ccc(CCNC(=O)CCC(=O)O)cc1OCCN1CCCCC1. The molecule has 0 aliphatic carbocycles. The fourth-order valence-corrected chi connectivity index (χ4v) is 3.11. The second-order valence-corrected chi connectivity index (χ2v) is 6.73. The van der Waals surface area contributed by atoms with Gasteiger partial charge in [-0.3, -0.25) is 14.5 Å². The fourth-order valence-electron chi connectivity index (χ4n) is 3.11. The highest BCUT2D eigenvalue weighted by molar-refractivity contribution is 5.80. The van der Waals surface area contributed by atoms with E-state index in [0.29, 0.717) is 31.1 Å². The van der Waals surface area contributed by atoms with Crippen molar-refractivity contribution in [1.29, 1.82) is 0 Å². The molecule has 1 aromatic carbocycles. The number of hydrogen-bond acceptors (Lipinski definition) is 5. The predicted octanol–water partition coefficient (Wildman–Crippen LogP) is 2.08. The first kappa shape index (κ1) is 21.0. The van der Waals surface area contributed by atoms with Crippen molar-refractivity contribution >= 4 is 11.9 Å². The number of benzene rings is 1. The van der Waals surface area contributed by atoms with Crippen LogP contribution in [0.15, 0.2) is 18.2 Å². The molecule has 1 aliphatic rings. The molecule has 1 aromatic rings. The van der Waals surface area contributed by atoms with E-state index >= 15 is 0 Å². The largest absolute Gasteiger partial charge is 0.493 e. The van der Waals surface area contributed by atoms with Crippen molar-refractivity contribution in [2.45, 2.75) is 38.5 Å². The number of likely N-dealkylation sites (tertiary alicyclic amines) is 1. The second kappa shape index (κ2) is 11.4. The normalized spacial score (nSPS) is 14.6. The molecule has 2 rings (SSSR count). The minimum Gasteiger partial charge on any atom is -0.493 e. The molecule has 1 fully saturated rings. The lowest BCUT2D eigenvalue weighted by molar-refractivity contribution is -0.138. The number of carbonyl (C=O) groups excluding carboxylic acids is 1. The van der Waals surface area contributed by atoms with Crippen molar-refractivity contribution in [2.24, 2.45) is 0 Å². The Kier molecular flexibility index (Phi) is 8.91. The number of methoxy groups -OCH3 is 1. The number of carbonyl (C=O) groups is 2. The van der Waals surface area contributed by atoms with Gasteiger partial charge in [-0.1, -0.05) is 12.5 Å². The molecule has 0 radical (unpaired) electrons. The highest BCUT2D eigenvalue weighted by Gasteiger charge is 2.11. The van der Waals surface area contributed by atoms with E-state index in [4.69, 9.17) is 14.6 Å². The zero-order chi connectivity index (χ0) is 19.5. The number of carboxylic acids is 1. The van der Waals surface area contributed by atoms with Crippen molar-refractivity contribution in [3.63, 3.8) is 0 Å². The van der Waals surface area contributed by atoms with Crippen molar-refractivity contribution in [3.8, 4) is 11.5 Å². The van der Waals surface area contributed by atoms with Crippen LogP contribution < -0.4 is 14.8 Å². The van der Waals surface area contributed by atoms with Crippen molar-refractivity contribution in [1.82, 2.24) is 10.2 Å². The van der Waals surface area contributed by atoms with Crippen LogP contribution in [0.25, 0.3) is 0 Å². The standard InChI is InChI=1S/C20H30N2O5/c1-26-17-6-5-16(9-10-21-19(23)7-8-20(24)25)15-18(17)27-14-13-22-11-3-2-4-12-22/h5-6,15H,2-4,7-14H2,1H3,(H,21,23)(H,24,25). The molecular weight excluding hydrogens is 348 g/mol. The summed E-state index contributed by atoms with van der Waals surface area (Å²) >= 11 is 0. The number of hydrogen-bond donors (Lipinski definition) is 2. The smallest absolute Gasteiger partial charge is 0.303 e. The maximum atomic E-state index is 11.6. The highest BCUT2D eigenvalue weighted by Crippen LogP contribution is 2.28. The molecule has 0 atom stereocenters. The molecule has 1 amide bonds. The monoisotopic (exact) mass is 378 g/mol. The van der Waals surface area contributed by atoms with E-state index in [1.807, 2.05) is 18.2 Å². The third-order valence-electron chi connectivity index (χ3n) is 4.64. The van der Waals surface area contributed by atoms with Gasteiger partial charge < -0.3 is 19.9 Å². The molecule has 1 aliphatic heterocycles. The minimum absolute atomic E-state index is 0.00278. The second-order valence-electron chi connectivity index (χ2n) is 6.73. The van der Waals surface area contributed by atoms with E-state index in [9.17, 15) is 9.59 Å². The fraction of sp³-hybridized carbons (Fsp3) is 0.600. The molecular formula is C20H30N2O5. The van der Waals surface area contributed by atoms with Gasteiger partial charge in [0.25, 0.3) is 0 Å². The lowest BCUT2D eigenvalue weighted by atomic mass is 10.1. The Morgan fingerprint density at radius 2 is 1.93 bits per heavy atom. The maximum absolute atomic E-state index is 11.6. The lowest BCUT2D eigenvalue weighted by Gasteiger charge is -2.26. The van der Waals surface area contributed by atoms with Crippen LogP contribution in [-0.4, -0.2) is 61.8 Å². The molecule has 1 heterocycles. The van der Waals surface area contributed by atoms with E-state index in [2.05, 4.69) is 10.2 Å². The van der Waals surface area contributed by atoms with Gasteiger partial charge in [0.05, 0.1) is 13.5 Å². The molecule has 0 bridgehead atoms. The summed E-state index contributed by atoms with van der Waals surface area (Å²) in [6, 6.07) is 5.76. The third-order valence-corrected chi connectivity index (χ3v) is 4.64. The summed E-state index contributed by atoms with van der Waals surface area (Å²) in [5.74, 6) is 0.197. The number of nitrogens with zero attached hydrogens (tertiary/aromatic N) is 1. The number of amides is 1. The summed E-state index contributed by atoms with van der Waals surface area (Å²) in [4.78, 5) is 24.5. The predicted molar refractivity (Wildman–Crippen MR) is 102 cm³/mol.